The number of hydrogen-bond donors (Lipinski definition) is 2. The molecule has 0 saturated carbocycles. The molecule has 1 fully saturated rings. The topological polar surface area (TPSA) is 89.3 Å². The molecule has 20 heavy (non-hydrogen) atoms. The Morgan fingerprint density at radius 1 is 1.35 bits per heavy atom. The van der Waals surface area contributed by atoms with E-state index in [4.69, 9.17) is 28.9 Å². The van der Waals surface area contributed by atoms with E-state index in [9.17, 15) is 13.2 Å². The van der Waals surface area contributed by atoms with Gasteiger partial charge in [-0.3, -0.25) is 4.79 Å². The maximum Gasteiger partial charge on any atom is 0.224 e. The highest BCUT2D eigenvalue weighted by Gasteiger charge is 2.29. The molecule has 0 bridgehead atoms. The van der Waals surface area contributed by atoms with E-state index in [0.717, 1.165) is 0 Å². The van der Waals surface area contributed by atoms with Crippen molar-refractivity contribution in [3.63, 3.8) is 0 Å². The average Bonchev–Trinajstić information content (AvgIpc) is 2.65. The zero-order valence-electron chi connectivity index (χ0n) is 10.5. The standard InChI is InChI=1S/C12H14Cl2N2O3S/c13-9-4-8(5-10(14)12(9)15)16-11(17)3-7-1-2-20(18,19)6-7/h4-5,7H,1-3,6,15H2,(H,16,17). The minimum absolute atomic E-state index is 0.0731. The Balaban J connectivity index is 1.99. The van der Waals surface area contributed by atoms with Gasteiger partial charge in [-0.2, -0.15) is 0 Å². The summed E-state index contributed by atoms with van der Waals surface area (Å²) in [7, 11) is -2.97. The molecule has 0 aliphatic carbocycles. The third-order valence-corrected chi connectivity index (χ3v) is 5.63. The molecule has 1 aliphatic rings. The predicted octanol–water partition coefficient (Wildman–Crippen LogP) is 2.34. The van der Waals surface area contributed by atoms with Crippen LogP contribution >= 0.6 is 23.2 Å². The molecule has 1 atom stereocenters. The molecule has 1 unspecified atom stereocenters. The number of nitrogens with one attached hydrogen (secondary N) is 1. The summed E-state index contributed by atoms with van der Waals surface area (Å²) in [6, 6.07) is 3.01. The van der Waals surface area contributed by atoms with Gasteiger partial charge in [0.15, 0.2) is 9.84 Å². The fourth-order valence-corrected chi connectivity index (χ4v) is 4.51. The SMILES string of the molecule is Nc1c(Cl)cc(NC(=O)CC2CCS(=O)(=O)C2)cc1Cl. The van der Waals surface area contributed by atoms with Gasteiger partial charge in [0, 0.05) is 12.1 Å². The summed E-state index contributed by atoms with van der Waals surface area (Å²) in [5.41, 5.74) is 6.30. The van der Waals surface area contributed by atoms with Crippen molar-refractivity contribution in [2.45, 2.75) is 12.8 Å². The first-order valence-corrected chi connectivity index (χ1v) is 8.59. The number of amides is 1. The smallest absolute Gasteiger partial charge is 0.224 e. The monoisotopic (exact) mass is 336 g/mol. The summed E-state index contributed by atoms with van der Waals surface area (Å²) in [6.45, 7) is 0. The second kappa shape index (κ2) is 5.79. The van der Waals surface area contributed by atoms with E-state index in [0.29, 0.717) is 12.1 Å². The molecule has 1 amide bonds. The van der Waals surface area contributed by atoms with Gasteiger partial charge in [-0.15, -0.1) is 0 Å². The highest BCUT2D eigenvalue weighted by molar-refractivity contribution is 7.91. The largest absolute Gasteiger partial charge is 0.396 e. The van der Waals surface area contributed by atoms with Gasteiger partial charge in [0.05, 0.1) is 27.2 Å². The van der Waals surface area contributed by atoms with Crippen LogP contribution in [0, 0.1) is 5.92 Å². The van der Waals surface area contributed by atoms with E-state index in [1.54, 1.807) is 0 Å². The highest BCUT2D eigenvalue weighted by atomic mass is 35.5. The normalized spacial score (nSPS) is 20.8. The van der Waals surface area contributed by atoms with Gasteiger partial charge in [0.1, 0.15) is 0 Å². The van der Waals surface area contributed by atoms with Gasteiger partial charge in [-0.1, -0.05) is 23.2 Å². The first-order valence-electron chi connectivity index (χ1n) is 6.01. The number of carbonyl (C=O) groups is 1. The summed E-state index contributed by atoms with van der Waals surface area (Å²) < 4.78 is 22.7. The fourth-order valence-electron chi connectivity index (χ4n) is 2.16. The maximum absolute atomic E-state index is 11.9. The number of nitrogens with two attached hydrogens (primary N) is 1. The quantitative estimate of drug-likeness (QED) is 0.829. The van der Waals surface area contributed by atoms with Gasteiger partial charge in [0.25, 0.3) is 0 Å². The molecule has 0 spiro atoms. The molecule has 1 aliphatic heterocycles. The fraction of sp³-hybridized carbons (Fsp3) is 0.417. The molecule has 0 aromatic heterocycles. The summed E-state index contributed by atoms with van der Waals surface area (Å²) in [4.78, 5) is 11.9. The molecule has 1 aromatic rings. The van der Waals surface area contributed by atoms with Gasteiger partial charge >= 0.3 is 0 Å². The third kappa shape index (κ3) is 3.77. The van der Waals surface area contributed by atoms with Crippen molar-refractivity contribution in [2.24, 2.45) is 5.92 Å². The van der Waals surface area contributed by atoms with Crippen molar-refractivity contribution in [3.8, 4) is 0 Å². The number of anilines is 2. The molecule has 110 valence electrons. The number of carbonyl (C=O) groups excluding carboxylic acids is 1. The van der Waals surface area contributed by atoms with Crippen LogP contribution in [-0.4, -0.2) is 25.8 Å². The van der Waals surface area contributed by atoms with Crippen molar-refractivity contribution in [2.75, 3.05) is 22.6 Å². The van der Waals surface area contributed by atoms with Crippen molar-refractivity contribution in [3.05, 3.63) is 22.2 Å². The third-order valence-electron chi connectivity index (χ3n) is 3.16. The average molecular weight is 337 g/mol. The number of sulfone groups is 1. The maximum atomic E-state index is 11.9. The van der Waals surface area contributed by atoms with Crippen LogP contribution in [0.2, 0.25) is 10.0 Å². The van der Waals surface area contributed by atoms with Crippen LogP contribution in [0.5, 0.6) is 0 Å². The molecule has 2 rings (SSSR count). The van der Waals surface area contributed by atoms with Crippen LogP contribution in [0.1, 0.15) is 12.8 Å². The van der Waals surface area contributed by atoms with Crippen LogP contribution in [0.3, 0.4) is 0 Å². The minimum atomic E-state index is -2.97. The zero-order chi connectivity index (χ0) is 14.9. The number of halogens is 2. The van der Waals surface area contributed by atoms with Crippen molar-refractivity contribution in [1.82, 2.24) is 0 Å². The molecule has 8 heteroatoms. The minimum Gasteiger partial charge on any atom is -0.396 e. The molecule has 1 saturated heterocycles. The lowest BCUT2D eigenvalue weighted by atomic mass is 10.1. The molecule has 5 nitrogen and oxygen atoms in total. The summed E-state index contributed by atoms with van der Waals surface area (Å²) >= 11 is 11.7. The predicted molar refractivity (Wildman–Crippen MR) is 80.9 cm³/mol. The molecule has 3 N–H and O–H groups in total. The van der Waals surface area contributed by atoms with E-state index in [-0.39, 0.29) is 45.5 Å². The lowest BCUT2D eigenvalue weighted by Crippen LogP contribution is -2.17. The molecule has 1 aromatic carbocycles. The number of nitrogen functional groups attached to an aromatic ring is 1. The van der Waals surface area contributed by atoms with Gasteiger partial charge in [-0.25, -0.2) is 8.42 Å². The highest BCUT2D eigenvalue weighted by Crippen LogP contribution is 2.31. The van der Waals surface area contributed by atoms with Crippen molar-refractivity contribution in [1.29, 1.82) is 0 Å². The Labute approximate surface area is 127 Å². The van der Waals surface area contributed by atoms with Gasteiger partial charge < -0.3 is 11.1 Å². The van der Waals surface area contributed by atoms with Crippen LogP contribution in [-0.2, 0) is 14.6 Å². The first-order chi connectivity index (χ1) is 9.27. The van der Waals surface area contributed by atoms with Crippen LogP contribution in [0.15, 0.2) is 12.1 Å². The Hall–Kier alpha value is -0.980. The van der Waals surface area contributed by atoms with Crippen LogP contribution in [0.4, 0.5) is 11.4 Å². The van der Waals surface area contributed by atoms with Crippen molar-refractivity contribution >= 4 is 50.3 Å². The number of hydrogen-bond acceptors (Lipinski definition) is 4. The Bertz CT molecular complexity index is 623. The first kappa shape index (κ1) is 15.4. The molecule has 0 radical (unpaired) electrons. The number of benzene rings is 1. The summed E-state index contributed by atoms with van der Waals surface area (Å²) in [5, 5.41) is 3.17. The lowest BCUT2D eigenvalue weighted by molar-refractivity contribution is -0.116. The molecular weight excluding hydrogens is 323 g/mol. The second-order valence-corrected chi connectivity index (χ2v) is 7.92. The molecular formula is C12H14Cl2N2O3S. The van der Waals surface area contributed by atoms with E-state index >= 15 is 0 Å². The Morgan fingerprint density at radius 2 is 1.95 bits per heavy atom. The van der Waals surface area contributed by atoms with Crippen LogP contribution in [0.25, 0.3) is 0 Å². The second-order valence-electron chi connectivity index (χ2n) is 4.87. The Kier molecular flexibility index (Phi) is 4.46. The summed E-state index contributed by atoms with van der Waals surface area (Å²) in [6.07, 6.45) is 0.692. The molecule has 1 heterocycles. The van der Waals surface area contributed by atoms with Crippen molar-refractivity contribution < 1.29 is 13.2 Å². The zero-order valence-corrected chi connectivity index (χ0v) is 12.9. The number of rotatable bonds is 3. The van der Waals surface area contributed by atoms with Gasteiger partial charge in [0.2, 0.25) is 5.91 Å². The van der Waals surface area contributed by atoms with Gasteiger partial charge in [-0.05, 0) is 24.5 Å². The van der Waals surface area contributed by atoms with Crippen LogP contribution < -0.4 is 11.1 Å². The van der Waals surface area contributed by atoms with E-state index < -0.39 is 9.84 Å². The summed E-state index contributed by atoms with van der Waals surface area (Å²) in [5.74, 6) is -0.155. The van der Waals surface area contributed by atoms with E-state index in [1.807, 2.05) is 0 Å². The van der Waals surface area contributed by atoms with E-state index in [2.05, 4.69) is 5.32 Å². The Morgan fingerprint density at radius 3 is 2.45 bits per heavy atom. The lowest BCUT2D eigenvalue weighted by Gasteiger charge is -2.10. The van der Waals surface area contributed by atoms with E-state index in [1.165, 1.54) is 12.1 Å².